The standard InChI is InChI=1S/C20H34N2O2S/c1-15-14-19(16(2)18-11-9-10-17(15)18)21-12-7-6-8-13-22-25(23,24)20(3,4)5/h14,21-22H,6-13H2,1-5H3. The first-order valence-corrected chi connectivity index (χ1v) is 11.0. The van der Waals surface area contributed by atoms with Crippen LogP contribution in [-0.2, 0) is 22.9 Å². The van der Waals surface area contributed by atoms with Crippen molar-refractivity contribution < 1.29 is 8.42 Å². The van der Waals surface area contributed by atoms with E-state index in [9.17, 15) is 8.42 Å². The van der Waals surface area contributed by atoms with Gasteiger partial charge in [-0.1, -0.05) is 6.42 Å². The van der Waals surface area contributed by atoms with Gasteiger partial charge >= 0.3 is 0 Å². The summed E-state index contributed by atoms with van der Waals surface area (Å²) in [4.78, 5) is 0. The van der Waals surface area contributed by atoms with Crippen molar-refractivity contribution in [3.05, 3.63) is 28.3 Å². The summed E-state index contributed by atoms with van der Waals surface area (Å²) in [7, 11) is -3.22. The maximum Gasteiger partial charge on any atom is 0.216 e. The molecule has 1 aromatic carbocycles. The fourth-order valence-corrected chi connectivity index (χ4v) is 4.27. The molecule has 142 valence electrons. The normalized spacial score (nSPS) is 14.6. The molecule has 0 spiro atoms. The Morgan fingerprint density at radius 2 is 1.64 bits per heavy atom. The van der Waals surface area contributed by atoms with Gasteiger partial charge in [0.25, 0.3) is 0 Å². The highest BCUT2D eigenvalue weighted by Crippen LogP contribution is 2.32. The molecule has 1 aromatic rings. The minimum absolute atomic E-state index is 0.524. The molecule has 0 amide bonds. The molecule has 0 saturated heterocycles. The van der Waals surface area contributed by atoms with Crippen LogP contribution in [0, 0.1) is 13.8 Å². The number of fused-ring (bicyclic) bond motifs is 1. The molecule has 5 heteroatoms. The molecule has 0 aromatic heterocycles. The first kappa shape index (κ1) is 20.2. The van der Waals surface area contributed by atoms with Crippen molar-refractivity contribution in [3.63, 3.8) is 0 Å². The van der Waals surface area contributed by atoms with Gasteiger partial charge in [0, 0.05) is 18.8 Å². The quantitative estimate of drug-likeness (QED) is 0.681. The molecule has 0 atom stereocenters. The highest BCUT2D eigenvalue weighted by molar-refractivity contribution is 7.90. The third-order valence-corrected chi connectivity index (χ3v) is 7.38. The van der Waals surface area contributed by atoms with E-state index in [0.717, 1.165) is 25.8 Å². The van der Waals surface area contributed by atoms with E-state index in [1.165, 1.54) is 36.1 Å². The SMILES string of the molecule is Cc1cc(NCCCCCNS(=O)(=O)C(C)(C)C)c(C)c2c1CCC2. The zero-order valence-electron chi connectivity index (χ0n) is 16.5. The van der Waals surface area contributed by atoms with Crippen molar-refractivity contribution in [2.24, 2.45) is 0 Å². The van der Waals surface area contributed by atoms with Gasteiger partial charge in [-0.2, -0.15) is 0 Å². The van der Waals surface area contributed by atoms with Crippen LogP contribution in [0.5, 0.6) is 0 Å². The van der Waals surface area contributed by atoms with E-state index in [4.69, 9.17) is 0 Å². The van der Waals surface area contributed by atoms with E-state index in [0.29, 0.717) is 6.54 Å². The van der Waals surface area contributed by atoms with Gasteiger partial charge in [0.15, 0.2) is 0 Å². The van der Waals surface area contributed by atoms with E-state index >= 15 is 0 Å². The van der Waals surface area contributed by atoms with Crippen LogP contribution in [0.4, 0.5) is 5.69 Å². The number of benzene rings is 1. The summed E-state index contributed by atoms with van der Waals surface area (Å²) >= 11 is 0. The molecular formula is C20H34N2O2S. The van der Waals surface area contributed by atoms with Gasteiger partial charge in [0.05, 0.1) is 4.75 Å². The van der Waals surface area contributed by atoms with Crippen molar-refractivity contribution >= 4 is 15.7 Å². The van der Waals surface area contributed by atoms with Crippen molar-refractivity contribution in [2.45, 2.75) is 77.9 Å². The molecule has 1 aliphatic rings. The molecule has 0 fully saturated rings. The Balaban J connectivity index is 1.72. The molecule has 0 bridgehead atoms. The van der Waals surface area contributed by atoms with Gasteiger partial charge in [0.2, 0.25) is 10.0 Å². The van der Waals surface area contributed by atoms with Crippen LogP contribution >= 0.6 is 0 Å². The van der Waals surface area contributed by atoms with E-state index in [1.807, 2.05) is 0 Å². The highest BCUT2D eigenvalue weighted by Gasteiger charge is 2.27. The van der Waals surface area contributed by atoms with Gasteiger partial charge in [0.1, 0.15) is 0 Å². The molecule has 0 heterocycles. The lowest BCUT2D eigenvalue weighted by atomic mass is 9.98. The van der Waals surface area contributed by atoms with Crippen LogP contribution < -0.4 is 10.0 Å². The molecule has 0 saturated carbocycles. The summed E-state index contributed by atoms with van der Waals surface area (Å²) in [5, 5.41) is 3.58. The highest BCUT2D eigenvalue weighted by atomic mass is 32.2. The van der Waals surface area contributed by atoms with E-state index in [1.54, 1.807) is 31.9 Å². The Labute approximate surface area is 153 Å². The third-order valence-electron chi connectivity index (χ3n) is 5.18. The van der Waals surface area contributed by atoms with Gasteiger partial charge < -0.3 is 5.32 Å². The first-order chi connectivity index (χ1) is 11.6. The number of rotatable bonds is 8. The second-order valence-electron chi connectivity index (χ2n) is 8.17. The van der Waals surface area contributed by atoms with E-state index in [-0.39, 0.29) is 0 Å². The lowest BCUT2D eigenvalue weighted by Gasteiger charge is -2.19. The molecule has 0 radical (unpaired) electrons. The predicted molar refractivity (Wildman–Crippen MR) is 107 cm³/mol. The minimum atomic E-state index is -3.22. The summed E-state index contributed by atoms with van der Waals surface area (Å²) in [6, 6.07) is 2.29. The summed E-state index contributed by atoms with van der Waals surface area (Å²) in [6.45, 7) is 11.1. The summed E-state index contributed by atoms with van der Waals surface area (Å²) in [5.41, 5.74) is 7.22. The topological polar surface area (TPSA) is 58.2 Å². The van der Waals surface area contributed by atoms with Crippen molar-refractivity contribution in [3.8, 4) is 0 Å². The van der Waals surface area contributed by atoms with Crippen molar-refractivity contribution in [2.75, 3.05) is 18.4 Å². The molecule has 25 heavy (non-hydrogen) atoms. The number of anilines is 1. The fraction of sp³-hybridized carbons (Fsp3) is 0.700. The lowest BCUT2D eigenvalue weighted by molar-refractivity contribution is 0.540. The van der Waals surface area contributed by atoms with Crippen molar-refractivity contribution in [1.29, 1.82) is 0 Å². The summed E-state index contributed by atoms with van der Waals surface area (Å²) < 4.78 is 25.9. The molecule has 0 aliphatic heterocycles. The monoisotopic (exact) mass is 366 g/mol. The maximum atomic E-state index is 12.0. The molecule has 0 unspecified atom stereocenters. The summed E-state index contributed by atoms with van der Waals surface area (Å²) in [5.74, 6) is 0. The molecule has 1 aliphatic carbocycles. The summed E-state index contributed by atoms with van der Waals surface area (Å²) in [6.07, 6.45) is 6.66. The number of hydrogen-bond donors (Lipinski definition) is 2. The van der Waals surface area contributed by atoms with Crippen LogP contribution in [0.15, 0.2) is 6.07 Å². The van der Waals surface area contributed by atoms with Crippen LogP contribution in [0.25, 0.3) is 0 Å². The Bertz CT molecular complexity index is 703. The Morgan fingerprint density at radius 3 is 2.32 bits per heavy atom. The van der Waals surface area contributed by atoms with Crippen molar-refractivity contribution in [1.82, 2.24) is 4.72 Å². The first-order valence-electron chi connectivity index (χ1n) is 9.48. The minimum Gasteiger partial charge on any atom is -0.385 e. The predicted octanol–water partition coefficient (Wildman–Crippen LogP) is 4.09. The molecule has 2 N–H and O–H groups in total. The average molecular weight is 367 g/mol. The maximum absolute atomic E-state index is 12.0. The second kappa shape index (κ2) is 8.09. The smallest absolute Gasteiger partial charge is 0.216 e. The number of hydrogen-bond acceptors (Lipinski definition) is 3. The van der Waals surface area contributed by atoms with E-state index in [2.05, 4.69) is 30.0 Å². The zero-order valence-corrected chi connectivity index (χ0v) is 17.3. The number of sulfonamides is 1. The van der Waals surface area contributed by atoms with Crippen LogP contribution in [-0.4, -0.2) is 26.3 Å². The second-order valence-corrected chi connectivity index (χ2v) is 10.7. The number of nitrogens with one attached hydrogen (secondary N) is 2. The number of unbranched alkanes of at least 4 members (excludes halogenated alkanes) is 2. The molecule has 4 nitrogen and oxygen atoms in total. The Morgan fingerprint density at radius 1 is 1.00 bits per heavy atom. The third kappa shape index (κ3) is 4.98. The molecular weight excluding hydrogens is 332 g/mol. The van der Waals surface area contributed by atoms with Crippen LogP contribution in [0.2, 0.25) is 0 Å². The van der Waals surface area contributed by atoms with E-state index < -0.39 is 14.8 Å². The van der Waals surface area contributed by atoms with Crippen LogP contribution in [0.1, 0.15) is 68.7 Å². The molecule has 2 rings (SSSR count). The largest absolute Gasteiger partial charge is 0.385 e. The lowest BCUT2D eigenvalue weighted by Crippen LogP contribution is -2.39. The van der Waals surface area contributed by atoms with Crippen LogP contribution in [0.3, 0.4) is 0 Å². The number of aryl methyl sites for hydroxylation is 1. The Hall–Kier alpha value is -1.07. The van der Waals surface area contributed by atoms with Gasteiger partial charge in [-0.3, -0.25) is 0 Å². The zero-order chi connectivity index (χ0) is 18.7. The fourth-order valence-electron chi connectivity index (χ4n) is 3.42. The Kier molecular flexibility index (Phi) is 6.55. The van der Waals surface area contributed by atoms with Gasteiger partial charge in [-0.05, 0) is 95.0 Å². The van der Waals surface area contributed by atoms with Gasteiger partial charge in [-0.25, -0.2) is 13.1 Å². The van der Waals surface area contributed by atoms with Gasteiger partial charge in [-0.15, -0.1) is 0 Å². The average Bonchev–Trinajstić information content (AvgIpc) is 3.00.